The number of anilines is 4. The highest BCUT2D eigenvalue weighted by molar-refractivity contribution is 7.99. The largest absolute Gasteiger partial charge is 0.391 e. The van der Waals surface area contributed by atoms with Crippen molar-refractivity contribution in [1.29, 1.82) is 0 Å². The summed E-state index contributed by atoms with van der Waals surface area (Å²) in [6, 6.07) is 10.8. The van der Waals surface area contributed by atoms with Gasteiger partial charge in [0.2, 0.25) is 5.95 Å². The topological polar surface area (TPSA) is 114 Å². The van der Waals surface area contributed by atoms with Gasteiger partial charge in [0, 0.05) is 56.8 Å². The highest BCUT2D eigenvalue weighted by atomic mass is 35.5. The lowest BCUT2D eigenvalue weighted by Gasteiger charge is -2.32. The standard InChI is InChI=1S/C27H27Cl2N7O3S/c28-20-2-1-3-21(29)23(20)36-15-40-24-19(26(36)39)13-31-27(33-24)32-16-4-5-22(34-10-7-30-8-11-34)18(12-16)25(38)35-9-6-17(37)14-35/h1-5,12-13,17,30,37H,6-11,14-15H2,(H,31,32,33). The van der Waals surface area contributed by atoms with Gasteiger partial charge in [-0.15, -0.1) is 0 Å². The van der Waals surface area contributed by atoms with E-state index in [0.717, 1.165) is 31.9 Å². The average molecular weight is 601 g/mol. The van der Waals surface area contributed by atoms with Gasteiger partial charge in [-0.2, -0.15) is 0 Å². The lowest BCUT2D eigenvalue weighted by atomic mass is 10.1. The summed E-state index contributed by atoms with van der Waals surface area (Å²) in [5.74, 6) is 0.218. The monoisotopic (exact) mass is 599 g/mol. The van der Waals surface area contributed by atoms with Crippen molar-refractivity contribution in [3.05, 3.63) is 63.8 Å². The molecule has 1 atom stereocenters. The number of aliphatic hydroxyl groups is 1. The summed E-state index contributed by atoms with van der Waals surface area (Å²) in [7, 11) is 0. The van der Waals surface area contributed by atoms with E-state index in [-0.39, 0.29) is 11.8 Å². The van der Waals surface area contributed by atoms with Gasteiger partial charge in [0.1, 0.15) is 5.03 Å². The van der Waals surface area contributed by atoms with Gasteiger partial charge in [0.25, 0.3) is 11.8 Å². The first-order valence-corrected chi connectivity index (χ1v) is 14.7. The van der Waals surface area contributed by atoms with Crippen molar-refractivity contribution in [2.75, 3.05) is 60.3 Å². The summed E-state index contributed by atoms with van der Waals surface area (Å²) in [6.07, 6.45) is 1.57. The summed E-state index contributed by atoms with van der Waals surface area (Å²) in [5.41, 5.74) is 2.90. The molecule has 1 aromatic heterocycles. The highest BCUT2D eigenvalue weighted by Crippen LogP contribution is 2.39. The third-order valence-electron chi connectivity index (χ3n) is 7.16. The SMILES string of the molecule is O=C(c1cc(Nc2ncc3c(n2)SCN(c2c(Cl)cccc2Cl)C3=O)ccc1N1CCNCC1)N1CCC(O)C1. The van der Waals surface area contributed by atoms with Crippen molar-refractivity contribution in [3.8, 4) is 0 Å². The molecule has 0 bridgehead atoms. The van der Waals surface area contributed by atoms with Crippen LogP contribution in [0.5, 0.6) is 0 Å². The van der Waals surface area contributed by atoms with E-state index in [1.165, 1.54) is 22.9 Å². The van der Waals surface area contributed by atoms with Crippen LogP contribution in [0.25, 0.3) is 0 Å². The minimum absolute atomic E-state index is 0.112. The predicted octanol–water partition coefficient (Wildman–Crippen LogP) is 3.85. The molecule has 2 fully saturated rings. The molecule has 2 amide bonds. The first-order chi connectivity index (χ1) is 19.4. The second-order valence-corrected chi connectivity index (χ2v) is 11.5. The fraction of sp³-hybridized carbons (Fsp3) is 0.333. The summed E-state index contributed by atoms with van der Waals surface area (Å²) in [6.45, 7) is 4.13. The number of fused-ring (bicyclic) bond motifs is 1. The number of thioether (sulfide) groups is 1. The van der Waals surface area contributed by atoms with Crippen LogP contribution in [0.2, 0.25) is 10.0 Å². The molecule has 3 aromatic rings. The van der Waals surface area contributed by atoms with Crippen molar-refractivity contribution < 1.29 is 14.7 Å². The Bertz CT molecular complexity index is 1450. The number of aliphatic hydroxyl groups excluding tert-OH is 1. The molecule has 6 rings (SSSR count). The van der Waals surface area contributed by atoms with Gasteiger partial charge in [0.05, 0.1) is 38.8 Å². The molecule has 1 unspecified atom stereocenters. The number of hydrogen-bond acceptors (Lipinski definition) is 9. The quantitative estimate of drug-likeness (QED) is 0.376. The Hall–Kier alpha value is -3.09. The molecular formula is C27H27Cl2N7O3S. The van der Waals surface area contributed by atoms with Crippen LogP contribution in [-0.4, -0.2) is 83.0 Å². The van der Waals surface area contributed by atoms with Gasteiger partial charge in [-0.3, -0.25) is 14.5 Å². The Balaban J connectivity index is 1.26. The normalized spacial score (nSPS) is 19.1. The maximum atomic E-state index is 13.5. The molecular weight excluding hydrogens is 573 g/mol. The van der Waals surface area contributed by atoms with Crippen LogP contribution in [0, 0.1) is 0 Å². The van der Waals surface area contributed by atoms with E-state index in [0.29, 0.717) is 68.9 Å². The van der Waals surface area contributed by atoms with Crippen LogP contribution in [0.4, 0.5) is 23.0 Å². The summed E-state index contributed by atoms with van der Waals surface area (Å²) < 4.78 is 0. The Morgan fingerprint density at radius 1 is 1.12 bits per heavy atom. The number of hydrogen-bond donors (Lipinski definition) is 3. The number of nitrogens with zero attached hydrogens (tertiary/aromatic N) is 5. The predicted molar refractivity (Wildman–Crippen MR) is 157 cm³/mol. The third kappa shape index (κ3) is 5.31. The lowest BCUT2D eigenvalue weighted by molar-refractivity contribution is 0.0765. The number of carbonyl (C=O) groups excluding carboxylic acids is 2. The van der Waals surface area contributed by atoms with Crippen LogP contribution in [0.15, 0.2) is 47.6 Å². The number of piperazine rings is 1. The Kier molecular flexibility index (Phi) is 7.74. The zero-order chi connectivity index (χ0) is 27.8. The average Bonchev–Trinajstić information content (AvgIpc) is 3.40. The smallest absolute Gasteiger partial charge is 0.263 e. The van der Waals surface area contributed by atoms with E-state index in [1.807, 2.05) is 18.2 Å². The van der Waals surface area contributed by atoms with Crippen molar-refractivity contribution >= 4 is 69.8 Å². The Labute approximate surface area is 245 Å². The summed E-state index contributed by atoms with van der Waals surface area (Å²) in [5, 5.41) is 17.9. The van der Waals surface area contributed by atoms with E-state index in [9.17, 15) is 14.7 Å². The maximum absolute atomic E-state index is 13.5. The molecule has 4 heterocycles. The highest BCUT2D eigenvalue weighted by Gasteiger charge is 2.31. The lowest BCUT2D eigenvalue weighted by Crippen LogP contribution is -2.44. The number of amides is 2. The molecule has 3 aliphatic rings. The van der Waals surface area contributed by atoms with Gasteiger partial charge in [-0.25, -0.2) is 9.97 Å². The zero-order valence-corrected chi connectivity index (χ0v) is 23.8. The van der Waals surface area contributed by atoms with E-state index < -0.39 is 6.10 Å². The van der Waals surface area contributed by atoms with Gasteiger partial charge in [0.15, 0.2) is 0 Å². The van der Waals surface area contributed by atoms with Gasteiger partial charge in [-0.05, 0) is 36.8 Å². The number of carbonyl (C=O) groups is 2. The molecule has 13 heteroatoms. The first-order valence-electron chi connectivity index (χ1n) is 13.0. The van der Waals surface area contributed by atoms with Crippen molar-refractivity contribution in [2.45, 2.75) is 17.6 Å². The molecule has 0 radical (unpaired) electrons. The molecule has 2 saturated heterocycles. The number of rotatable bonds is 5. The molecule has 208 valence electrons. The third-order valence-corrected chi connectivity index (χ3v) is 8.74. The molecule has 3 N–H and O–H groups in total. The summed E-state index contributed by atoms with van der Waals surface area (Å²) >= 11 is 14.1. The minimum Gasteiger partial charge on any atom is -0.391 e. The van der Waals surface area contributed by atoms with E-state index in [1.54, 1.807) is 23.1 Å². The number of benzene rings is 2. The first kappa shape index (κ1) is 27.1. The molecule has 0 saturated carbocycles. The molecule has 10 nitrogen and oxygen atoms in total. The van der Waals surface area contributed by atoms with Crippen molar-refractivity contribution in [3.63, 3.8) is 0 Å². The van der Waals surface area contributed by atoms with Crippen LogP contribution in [-0.2, 0) is 0 Å². The number of nitrogens with one attached hydrogen (secondary N) is 2. The zero-order valence-electron chi connectivity index (χ0n) is 21.4. The van der Waals surface area contributed by atoms with Gasteiger partial charge < -0.3 is 25.5 Å². The van der Waals surface area contributed by atoms with Crippen LogP contribution < -0.4 is 20.4 Å². The number of β-amino-alcohol motifs (C(OH)–C–C–N with tert-alkyl or cyclic N) is 1. The maximum Gasteiger partial charge on any atom is 0.263 e. The summed E-state index contributed by atoms with van der Waals surface area (Å²) in [4.78, 5) is 41.2. The second-order valence-electron chi connectivity index (χ2n) is 9.78. The van der Waals surface area contributed by atoms with Crippen molar-refractivity contribution in [1.82, 2.24) is 20.2 Å². The number of halogens is 2. The van der Waals surface area contributed by atoms with E-state index in [4.69, 9.17) is 23.2 Å². The van der Waals surface area contributed by atoms with Crippen LogP contribution in [0.3, 0.4) is 0 Å². The second kappa shape index (κ2) is 11.4. The number of aromatic nitrogens is 2. The van der Waals surface area contributed by atoms with Crippen molar-refractivity contribution in [2.24, 2.45) is 0 Å². The van der Waals surface area contributed by atoms with Crippen LogP contribution >= 0.6 is 35.0 Å². The fourth-order valence-corrected chi connectivity index (χ4v) is 6.66. The van der Waals surface area contributed by atoms with Gasteiger partial charge >= 0.3 is 0 Å². The molecule has 0 spiro atoms. The molecule has 2 aromatic carbocycles. The number of para-hydroxylation sites is 1. The van der Waals surface area contributed by atoms with Gasteiger partial charge in [-0.1, -0.05) is 41.0 Å². The molecule has 3 aliphatic heterocycles. The van der Waals surface area contributed by atoms with Crippen LogP contribution in [0.1, 0.15) is 27.1 Å². The Morgan fingerprint density at radius 2 is 1.90 bits per heavy atom. The van der Waals surface area contributed by atoms with E-state index >= 15 is 0 Å². The Morgan fingerprint density at radius 3 is 2.62 bits per heavy atom. The molecule has 0 aliphatic carbocycles. The number of likely N-dealkylation sites (tertiary alicyclic amines) is 1. The fourth-order valence-electron chi connectivity index (χ4n) is 5.12. The molecule has 40 heavy (non-hydrogen) atoms. The van der Waals surface area contributed by atoms with E-state index in [2.05, 4.69) is 25.5 Å². The minimum atomic E-state index is -0.498.